The Morgan fingerprint density at radius 1 is 1.31 bits per heavy atom. The molecule has 1 atom stereocenters. The molecule has 0 radical (unpaired) electrons. The lowest BCUT2D eigenvalue weighted by Crippen LogP contribution is -2.39. The average Bonchev–Trinajstić information content (AvgIpc) is 3.17. The van der Waals surface area contributed by atoms with Crippen LogP contribution in [0.25, 0.3) is 6.08 Å². The van der Waals surface area contributed by atoms with Crippen molar-refractivity contribution in [1.82, 2.24) is 4.57 Å². The zero-order valence-electron chi connectivity index (χ0n) is 19.9. The number of ether oxygens (including phenoxy) is 3. The second-order valence-electron chi connectivity index (χ2n) is 7.74. The van der Waals surface area contributed by atoms with Crippen LogP contribution in [0.15, 0.2) is 68.0 Å². The van der Waals surface area contributed by atoms with Crippen LogP contribution < -0.4 is 24.4 Å². The summed E-state index contributed by atoms with van der Waals surface area (Å²) in [5.74, 6) is 2.89. The van der Waals surface area contributed by atoms with Crippen LogP contribution in [0.2, 0.25) is 0 Å². The summed E-state index contributed by atoms with van der Waals surface area (Å²) in [7, 11) is 1.53. The van der Waals surface area contributed by atoms with Gasteiger partial charge in [-0.05, 0) is 59.1 Å². The quantitative estimate of drug-likeness (QED) is 0.322. The molecule has 0 saturated carbocycles. The topological polar surface area (TPSA) is 79.1 Å². The monoisotopic (exact) mass is 566 g/mol. The first-order valence-corrected chi connectivity index (χ1v) is 12.7. The van der Waals surface area contributed by atoms with E-state index in [2.05, 4.69) is 26.8 Å². The van der Waals surface area contributed by atoms with Crippen LogP contribution in [-0.4, -0.2) is 30.9 Å². The van der Waals surface area contributed by atoms with E-state index in [0.29, 0.717) is 36.6 Å². The molecule has 0 fully saturated rings. The number of rotatable bonds is 7. The molecule has 9 heteroatoms. The summed E-state index contributed by atoms with van der Waals surface area (Å²) in [5.41, 5.74) is 2.12. The number of halogens is 1. The van der Waals surface area contributed by atoms with E-state index in [9.17, 15) is 9.59 Å². The van der Waals surface area contributed by atoms with Crippen molar-refractivity contribution < 1.29 is 19.0 Å². The summed E-state index contributed by atoms with van der Waals surface area (Å²) in [6, 6.07) is 12.3. The zero-order valence-corrected chi connectivity index (χ0v) is 22.3. The normalized spacial score (nSPS) is 15.1. The van der Waals surface area contributed by atoms with Gasteiger partial charge in [0.1, 0.15) is 6.61 Å². The highest BCUT2D eigenvalue weighted by molar-refractivity contribution is 9.10. The van der Waals surface area contributed by atoms with Gasteiger partial charge >= 0.3 is 5.97 Å². The van der Waals surface area contributed by atoms with Crippen molar-refractivity contribution in [3.05, 3.63) is 89.0 Å². The van der Waals surface area contributed by atoms with Gasteiger partial charge in [0.15, 0.2) is 16.3 Å². The van der Waals surface area contributed by atoms with Gasteiger partial charge in [0.2, 0.25) is 0 Å². The molecule has 184 valence electrons. The predicted molar refractivity (Wildman–Crippen MR) is 142 cm³/mol. The van der Waals surface area contributed by atoms with Crippen molar-refractivity contribution in [2.75, 3.05) is 20.3 Å². The Morgan fingerprint density at radius 3 is 2.72 bits per heavy atom. The Kier molecular flexibility index (Phi) is 7.77. The van der Waals surface area contributed by atoms with Gasteiger partial charge in [0.25, 0.3) is 5.56 Å². The summed E-state index contributed by atoms with van der Waals surface area (Å²) < 4.78 is 19.0. The molecule has 0 saturated heterocycles. The molecule has 0 unspecified atom stereocenters. The lowest BCUT2D eigenvalue weighted by molar-refractivity contribution is -0.139. The van der Waals surface area contributed by atoms with Crippen molar-refractivity contribution in [1.29, 1.82) is 0 Å². The highest BCUT2D eigenvalue weighted by Crippen LogP contribution is 2.37. The Balaban J connectivity index is 1.89. The molecule has 0 bridgehead atoms. The minimum Gasteiger partial charge on any atom is -0.493 e. The van der Waals surface area contributed by atoms with E-state index in [0.717, 1.165) is 11.1 Å². The summed E-state index contributed by atoms with van der Waals surface area (Å²) in [5, 5.41) is 0. The minimum absolute atomic E-state index is 0.0918. The molecular formula is C27H23BrN2O5S. The van der Waals surface area contributed by atoms with Gasteiger partial charge in [-0.15, -0.1) is 6.42 Å². The third-order valence-corrected chi connectivity index (χ3v) is 7.05. The molecule has 1 aromatic heterocycles. The second-order valence-corrected chi connectivity index (χ2v) is 9.60. The molecule has 0 N–H and O–H groups in total. The van der Waals surface area contributed by atoms with Crippen LogP contribution in [0.1, 0.15) is 31.0 Å². The summed E-state index contributed by atoms with van der Waals surface area (Å²) in [6.45, 7) is 3.82. The number of fused-ring (bicyclic) bond motifs is 1. The van der Waals surface area contributed by atoms with E-state index >= 15 is 0 Å². The van der Waals surface area contributed by atoms with Crippen molar-refractivity contribution >= 4 is 39.3 Å². The lowest BCUT2D eigenvalue weighted by atomic mass is 9.96. The number of allylic oxidation sites excluding steroid dienone is 1. The Labute approximate surface area is 220 Å². The van der Waals surface area contributed by atoms with Gasteiger partial charge in [0.05, 0.1) is 40.0 Å². The number of carbonyl (C=O) groups is 1. The van der Waals surface area contributed by atoms with Gasteiger partial charge in [0, 0.05) is 0 Å². The first-order valence-electron chi connectivity index (χ1n) is 11.1. The molecule has 4 rings (SSSR count). The minimum atomic E-state index is -0.649. The number of esters is 1. The SMILES string of the molecule is C#CCOc1c(Br)cc(/C=c2\sc3n(c2=O)[C@@H](c2ccccc2)C(C(=O)OCC)=C(C)N=3)cc1OC. The van der Waals surface area contributed by atoms with E-state index in [1.807, 2.05) is 36.4 Å². The first kappa shape index (κ1) is 25.5. The fraction of sp³-hybridized carbons (Fsp3) is 0.222. The molecule has 2 heterocycles. The molecule has 1 aliphatic rings. The third-order valence-electron chi connectivity index (χ3n) is 5.48. The molecule has 0 aliphatic carbocycles. The Bertz CT molecular complexity index is 1560. The van der Waals surface area contributed by atoms with Crippen LogP contribution >= 0.6 is 27.3 Å². The Hall–Kier alpha value is -3.61. The smallest absolute Gasteiger partial charge is 0.338 e. The maximum Gasteiger partial charge on any atom is 0.338 e. The number of terminal acetylenes is 1. The lowest BCUT2D eigenvalue weighted by Gasteiger charge is -2.24. The molecule has 1 aliphatic heterocycles. The van der Waals surface area contributed by atoms with Crippen LogP contribution in [-0.2, 0) is 9.53 Å². The van der Waals surface area contributed by atoms with Gasteiger partial charge in [-0.1, -0.05) is 47.6 Å². The Morgan fingerprint density at radius 2 is 2.06 bits per heavy atom. The zero-order chi connectivity index (χ0) is 25.8. The molecule has 0 amide bonds. The highest BCUT2D eigenvalue weighted by atomic mass is 79.9. The van der Waals surface area contributed by atoms with Crippen LogP contribution in [0.3, 0.4) is 0 Å². The highest BCUT2D eigenvalue weighted by Gasteiger charge is 2.33. The van der Waals surface area contributed by atoms with Crippen molar-refractivity contribution in [3.8, 4) is 23.8 Å². The van der Waals surface area contributed by atoms with Gasteiger partial charge in [-0.2, -0.15) is 0 Å². The van der Waals surface area contributed by atoms with Crippen molar-refractivity contribution in [2.24, 2.45) is 4.99 Å². The van der Waals surface area contributed by atoms with Gasteiger partial charge in [-0.3, -0.25) is 9.36 Å². The number of hydrogen-bond acceptors (Lipinski definition) is 7. The van der Waals surface area contributed by atoms with E-state index in [-0.39, 0.29) is 18.8 Å². The van der Waals surface area contributed by atoms with E-state index < -0.39 is 12.0 Å². The van der Waals surface area contributed by atoms with Crippen LogP contribution in [0, 0.1) is 12.3 Å². The third kappa shape index (κ3) is 4.87. The predicted octanol–water partition coefficient (Wildman–Crippen LogP) is 3.58. The van der Waals surface area contributed by atoms with Gasteiger partial charge < -0.3 is 14.2 Å². The average molecular weight is 567 g/mol. The summed E-state index contributed by atoms with van der Waals surface area (Å²) >= 11 is 4.75. The number of thiazole rings is 1. The molecule has 3 aromatic rings. The van der Waals surface area contributed by atoms with Crippen LogP contribution in [0.4, 0.5) is 0 Å². The molecular weight excluding hydrogens is 544 g/mol. The van der Waals surface area contributed by atoms with E-state index in [1.165, 1.54) is 18.4 Å². The van der Waals surface area contributed by atoms with Crippen molar-refractivity contribution in [3.63, 3.8) is 0 Å². The summed E-state index contributed by atoms with van der Waals surface area (Å²) in [4.78, 5) is 31.7. The first-order chi connectivity index (χ1) is 17.4. The molecule has 36 heavy (non-hydrogen) atoms. The largest absolute Gasteiger partial charge is 0.493 e. The summed E-state index contributed by atoms with van der Waals surface area (Å²) in [6.07, 6.45) is 7.07. The van der Waals surface area contributed by atoms with Crippen LogP contribution in [0.5, 0.6) is 11.5 Å². The fourth-order valence-corrected chi connectivity index (χ4v) is 5.59. The maximum atomic E-state index is 13.7. The standard InChI is InChI=1S/C27H23BrN2O5S/c1-5-12-35-24-19(28)13-17(14-20(24)33-4)15-21-25(31)30-23(18-10-8-7-9-11-18)22(26(32)34-6-2)16(3)29-27(30)36-21/h1,7-11,13-15,23H,6,12H2,2-4H3/b21-15-/t23-/m0/s1. The maximum absolute atomic E-state index is 13.7. The molecule has 7 nitrogen and oxygen atoms in total. The number of benzene rings is 2. The van der Waals surface area contributed by atoms with Crippen molar-refractivity contribution in [2.45, 2.75) is 19.9 Å². The number of methoxy groups -OCH3 is 1. The second kappa shape index (κ2) is 11.0. The molecule has 0 spiro atoms. The number of hydrogen-bond donors (Lipinski definition) is 0. The van der Waals surface area contributed by atoms with E-state index in [4.69, 9.17) is 20.6 Å². The molecule has 2 aromatic carbocycles. The van der Waals surface area contributed by atoms with Gasteiger partial charge in [-0.25, -0.2) is 9.79 Å². The van der Waals surface area contributed by atoms with E-state index in [1.54, 1.807) is 30.6 Å². The number of carbonyl (C=O) groups excluding carboxylic acids is 1. The fourth-order valence-electron chi connectivity index (χ4n) is 3.97. The number of aromatic nitrogens is 1. The number of nitrogens with zero attached hydrogens (tertiary/aromatic N) is 2.